The second kappa shape index (κ2) is 5.65. The van der Waals surface area contributed by atoms with Gasteiger partial charge in [-0.25, -0.2) is 0 Å². The fraction of sp³-hybridized carbons (Fsp3) is 0.133. The Balaban J connectivity index is 2.16. The standard InChI is InChI=1S/C15H14O4/c16-12-6-2-1-5-11(12)13(17)9-8-10-4-3-7-14(18)15(10)19/h1-9,14-16,18-19H/b9-8+. The number of allylic oxidation sites excluding steroid dienone is 3. The summed E-state index contributed by atoms with van der Waals surface area (Å²) < 4.78 is 0. The van der Waals surface area contributed by atoms with Crippen LogP contribution in [-0.2, 0) is 0 Å². The van der Waals surface area contributed by atoms with Crippen LogP contribution in [0.5, 0.6) is 5.75 Å². The maximum atomic E-state index is 11.9. The molecule has 0 aliphatic heterocycles. The summed E-state index contributed by atoms with van der Waals surface area (Å²) in [5.41, 5.74) is 0.638. The van der Waals surface area contributed by atoms with Gasteiger partial charge in [0, 0.05) is 0 Å². The van der Waals surface area contributed by atoms with Crippen LogP contribution in [0.4, 0.5) is 0 Å². The molecule has 1 aromatic rings. The molecule has 3 N–H and O–H groups in total. The third-order valence-corrected chi connectivity index (χ3v) is 2.86. The summed E-state index contributed by atoms with van der Waals surface area (Å²) in [5.74, 6) is -0.453. The number of para-hydroxylation sites is 1. The van der Waals surface area contributed by atoms with E-state index in [0.717, 1.165) is 0 Å². The Kier molecular flexibility index (Phi) is 3.94. The Morgan fingerprint density at radius 3 is 2.68 bits per heavy atom. The Morgan fingerprint density at radius 2 is 1.95 bits per heavy atom. The molecule has 0 bridgehead atoms. The summed E-state index contributed by atoms with van der Waals surface area (Å²) in [6.45, 7) is 0. The normalized spacial score (nSPS) is 22.5. The highest BCUT2D eigenvalue weighted by Gasteiger charge is 2.19. The van der Waals surface area contributed by atoms with E-state index < -0.39 is 12.2 Å². The number of hydrogen-bond donors (Lipinski definition) is 3. The Hall–Kier alpha value is -2.17. The lowest BCUT2D eigenvalue weighted by molar-refractivity contribution is 0.0737. The van der Waals surface area contributed by atoms with E-state index >= 15 is 0 Å². The van der Waals surface area contributed by atoms with E-state index in [1.54, 1.807) is 24.3 Å². The minimum Gasteiger partial charge on any atom is -0.507 e. The summed E-state index contributed by atoms with van der Waals surface area (Å²) in [6.07, 6.45) is 5.38. The molecule has 4 heteroatoms. The summed E-state index contributed by atoms with van der Waals surface area (Å²) in [4.78, 5) is 11.9. The minimum atomic E-state index is -1.04. The van der Waals surface area contributed by atoms with E-state index in [0.29, 0.717) is 5.57 Å². The molecule has 2 atom stereocenters. The lowest BCUT2D eigenvalue weighted by Crippen LogP contribution is -2.27. The molecular formula is C15H14O4. The molecule has 0 amide bonds. The second-order valence-corrected chi connectivity index (χ2v) is 4.20. The van der Waals surface area contributed by atoms with Gasteiger partial charge in [-0.05, 0) is 23.8 Å². The van der Waals surface area contributed by atoms with E-state index in [4.69, 9.17) is 0 Å². The lowest BCUT2D eigenvalue weighted by Gasteiger charge is -2.18. The molecule has 19 heavy (non-hydrogen) atoms. The first kappa shape index (κ1) is 13.3. The van der Waals surface area contributed by atoms with Gasteiger partial charge in [0.1, 0.15) is 18.0 Å². The van der Waals surface area contributed by atoms with Crippen molar-refractivity contribution in [3.63, 3.8) is 0 Å². The van der Waals surface area contributed by atoms with Gasteiger partial charge in [-0.3, -0.25) is 4.79 Å². The minimum absolute atomic E-state index is 0.0877. The number of rotatable bonds is 3. The second-order valence-electron chi connectivity index (χ2n) is 4.20. The predicted molar refractivity (Wildman–Crippen MR) is 70.8 cm³/mol. The van der Waals surface area contributed by atoms with Crippen molar-refractivity contribution in [2.75, 3.05) is 0 Å². The third-order valence-electron chi connectivity index (χ3n) is 2.86. The van der Waals surface area contributed by atoms with Crippen molar-refractivity contribution in [3.8, 4) is 5.75 Å². The van der Waals surface area contributed by atoms with Crippen molar-refractivity contribution >= 4 is 5.78 Å². The van der Waals surface area contributed by atoms with Gasteiger partial charge in [-0.2, -0.15) is 0 Å². The van der Waals surface area contributed by atoms with Crippen molar-refractivity contribution < 1.29 is 20.1 Å². The molecule has 4 nitrogen and oxygen atoms in total. The topological polar surface area (TPSA) is 77.8 Å². The summed E-state index contributed by atoms with van der Waals surface area (Å²) in [5, 5.41) is 28.7. The van der Waals surface area contributed by atoms with Crippen LogP contribution in [0.2, 0.25) is 0 Å². The van der Waals surface area contributed by atoms with Gasteiger partial charge >= 0.3 is 0 Å². The van der Waals surface area contributed by atoms with Crippen molar-refractivity contribution in [1.29, 1.82) is 0 Å². The molecule has 0 spiro atoms. The van der Waals surface area contributed by atoms with Crippen LogP contribution >= 0.6 is 0 Å². The summed E-state index contributed by atoms with van der Waals surface area (Å²) in [7, 11) is 0. The van der Waals surface area contributed by atoms with Crippen LogP contribution in [-0.4, -0.2) is 33.3 Å². The lowest BCUT2D eigenvalue weighted by atomic mass is 9.98. The molecule has 2 rings (SSSR count). The van der Waals surface area contributed by atoms with Crippen LogP contribution in [0, 0.1) is 0 Å². The first-order chi connectivity index (χ1) is 9.09. The fourth-order valence-electron chi connectivity index (χ4n) is 1.78. The molecule has 2 unspecified atom stereocenters. The molecule has 1 aliphatic rings. The zero-order chi connectivity index (χ0) is 13.8. The highest BCUT2D eigenvalue weighted by Crippen LogP contribution is 2.18. The maximum absolute atomic E-state index is 11.9. The van der Waals surface area contributed by atoms with Crippen LogP contribution in [0.3, 0.4) is 0 Å². The smallest absolute Gasteiger partial charge is 0.189 e. The molecule has 0 aromatic heterocycles. The van der Waals surface area contributed by atoms with E-state index in [1.807, 2.05) is 0 Å². The number of carbonyl (C=O) groups is 1. The Morgan fingerprint density at radius 1 is 1.21 bits per heavy atom. The highest BCUT2D eigenvalue weighted by atomic mass is 16.3. The van der Waals surface area contributed by atoms with Gasteiger partial charge in [0.15, 0.2) is 5.78 Å². The average molecular weight is 258 g/mol. The van der Waals surface area contributed by atoms with Crippen molar-refractivity contribution in [2.45, 2.75) is 12.2 Å². The van der Waals surface area contributed by atoms with Gasteiger partial charge in [0.25, 0.3) is 0 Å². The molecule has 98 valence electrons. The highest BCUT2D eigenvalue weighted by molar-refractivity contribution is 6.06. The molecule has 1 aliphatic carbocycles. The molecule has 0 saturated heterocycles. The summed E-state index contributed by atoms with van der Waals surface area (Å²) in [6, 6.07) is 6.23. The monoisotopic (exact) mass is 258 g/mol. The SMILES string of the molecule is O=C(/C=C/C1=CC=CC(O)C1O)c1ccccc1O. The maximum Gasteiger partial charge on any atom is 0.189 e. The molecule has 0 fully saturated rings. The van der Waals surface area contributed by atoms with Gasteiger partial charge < -0.3 is 15.3 Å². The van der Waals surface area contributed by atoms with Crippen molar-refractivity contribution in [2.24, 2.45) is 0 Å². The van der Waals surface area contributed by atoms with Gasteiger partial charge in [0.2, 0.25) is 0 Å². The average Bonchev–Trinajstić information content (AvgIpc) is 2.40. The fourth-order valence-corrected chi connectivity index (χ4v) is 1.78. The van der Waals surface area contributed by atoms with Crippen LogP contribution in [0.1, 0.15) is 10.4 Å². The van der Waals surface area contributed by atoms with Gasteiger partial charge in [-0.1, -0.05) is 36.4 Å². The third kappa shape index (κ3) is 2.99. The van der Waals surface area contributed by atoms with E-state index in [1.165, 1.54) is 30.4 Å². The number of benzene rings is 1. The number of aliphatic hydroxyl groups excluding tert-OH is 2. The largest absolute Gasteiger partial charge is 0.507 e. The number of hydrogen-bond acceptors (Lipinski definition) is 4. The zero-order valence-electron chi connectivity index (χ0n) is 10.1. The first-order valence-corrected chi connectivity index (χ1v) is 5.84. The first-order valence-electron chi connectivity index (χ1n) is 5.84. The molecule has 0 radical (unpaired) electrons. The van der Waals surface area contributed by atoms with E-state index in [-0.39, 0.29) is 17.1 Å². The van der Waals surface area contributed by atoms with Crippen LogP contribution in [0.25, 0.3) is 0 Å². The zero-order valence-corrected chi connectivity index (χ0v) is 10.1. The summed E-state index contributed by atoms with van der Waals surface area (Å²) >= 11 is 0. The number of phenols is 1. The van der Waals surface area contributed by atoms with Gasteiger partial charge in [-0.15, -0.1) is 0 Å². The van der Waals surface area contributed by atoms with Gasteiger partial charge in [0.05, 0.1) is 5.56 Å². The number of aliphatic hydroxyl groups is 2. The van der Waals surface area contributed by atoms with Crippen molar-refractivity contribution in [3.05, 3.63) is 65.8 Å². The number of ketones is 1. The number of aromatic hydroxyl groups is 1. The number of carbonyl (C=O) groups excluding carboxylic acids is 1. The van der Waals surface area contributed by atoms with Crippen LogP contribution in [0.15, 0.2) is 60.2 Å². The van der Waals surface area contributed by atoms with Crippen LogP contribution < -0.4 is 0 Å². The predicted octanol–water partition coefficient (Wildman–Crippen LogP) is 1.35. The molecule has 0 saturated carbocycles. The molecular weight excluding hydrogens is 244 g/mol. The van der Waals surface area contributed by atoms with E-state index in [9.17, 15) is 20.1 Å². The van der Waals surface area contributed by atoms with Crippen molar-refractivity contribution in [1.82, 2.24) is 0 Å². The van der Waals surface area contributed by atoms with E-state index in [2.05, 4.69) is 0 Å². The molecule has 1 aromatic carbocycles. The Labute approximate surface area is 110 Å². The number of phenolic OH excluding ortho intramolecular Hbond substituents is 1. The Bertz CT molecular complexity index is 569. The molecule has 0 heterocycles. The quantitative estimate of drug-likeness (QED) is 0.565.